The normalized spacial score (nSPS) is 13.0. The monoisotopic (exact) mass is 113 g/mol. The van der Waals surface area contributed by atoms with Crippen molar-refractivity contribution >= 4 is 0 Å². The highest BCUT2D eigenvalue weighted by Crippen LogP contribution is 2.01. The Morgan fingerprint density at radius 3 is 2.00 bits per heavy atom. The molecule has 0 aliphatic heterocycles. The molecule has 0 amide bonds. The van der Waals surface area contributed by atoms with Gasteiger partial charge in [-0.2, -0.15) is 0 Å². The molecule has 1 nitrogen and oxygen atoms in total. The van der Waals surface area contributed by atoms with Crippen LogP contribution in [-0.4, -0.2) is 7.05 Å². The Kier molecular flexibility index (Phi) is 3.33. The van der Waals surface area contributed by atoms with E-state index < -0.39 is 0 Å². The van der Waals surface area contributed by atoms with Crippen LogP contribution >= 0.6 is 0 Å². The van der Waals surface area contributed by atoms with Gasteiger partial charge < -0.3 is 5.32 Å². The third-order valence-corrected chi connectivity index (χ3v) is 1.55. The van der Waals surface area contributed by atoms with Crippen LogP contribution in [0.15, 0.2) is 11.3 Å². The van der Waals surface area contributed by atoms with Gasteiger partial charge >= 0.3 is 0 Å². The van der Waals surface area contributed by atoms with Crippen molar-refractivity contribution in [2.45, 2.75) is 27.2 Å². The molecule has 0 spiro atoms. The highest BCUT2D eigenvalue weighted by molar-refractivity contribution is 5.05. The molecule has 0 aliphatic rings. The molecule has 0 unspecified atom stereocenters. The second-order valence-electron chi connectivity index (χ2n) is 2.01. The first kappa shape index (κ1) is 7.54. The smallest absolute Gasteiger partial charge is 0.00614 e. The molecule has 0 heterocycles. The SMILES string of the molecule is CC/C(C)=C(\C)NC. The molecular weight excluding hydrogens is 98.1 g/mol. The Bertz CT molecular complexity index is 80.6. The number of rotatable bonds is 2. The minimum atomic E-state index is 1.15. The lowest BCUT2D eigenvalue weighted by Crippen LogP contribution is -2.03. The molecular formula is C7H15N. The highest BCUT2D eigenvalue weighted by atomic mass is 14.8. The predicted octanol–water partition coefficient (Wildman–Crippen LogP) is 1.91. The summed E-state index contributed by atoms with van der Waals surface area (Å²) in [5.41, 5.74) is 2.74. The number of nitrogens with one attached hydrogen (secondary N) is 1. The van der Waals surface area contributed by atoms with Gasteiger partial charge in [0, 0.05) is 12.7 Å². The highest BCUT2D eigenvalue weighted by Gasteiger charge is 1.87. The number of hydrogen-bond acceptors (Lipinski definition) is 1. The summed E-state index contributed by atoms with van der Waals surface area (Å²) in [5.74, 6) is 0. The zero-order chi connectivity index (χ0) is 6.57. The lowest BCUT2D eigenvalue weighted by atomic mass is 10.2. The molecule has 0 saturated heterocycles. The fraction of sp³-hybridized carbons (Fsp3) is 0.714. The van der Waals surface area contributed by atoms with Crippen LogP contribution in [0.2, 0.25) is 0 Å². The van der Waals surface area contributed by atoms with Crippen LogP contribution < -0.4 is 5.32 Å². The summed E-state index contributed by atoms with van der Waals surface area (Å²) in [6.07, 6.45) is 1.15. The lowest BCUT2D eigenvalue weighted by Gasteiger charge is -2.02. The van der Waals surface area contributed by atoms with Gasteiger partial charge in [-0.05, 0) is 20.3 Å². The Morgan fingerprint density at radius 2 is 1.88 bits per heavy atom. The predicted molar refractivity (Wildman–Crippen MR) is 37.7 cm³/mol. The molecule has 0 aliphatic carbocycles. The van der Waals surface area contributed by atoms with E-state index in [9.17, 15) is 0 Å². The minimum absolute atomic E-state index is 1.15. The Morgan fingerprint density at radius 1 is 1.38 bits per heavy atom. The molecule has 0 aromatic rings. The van der Waals surface area contributed by atoms with Gasteiger partial charge in [-0.25, -0.2) is 0 Å². The second kappa shape index (κ2) is 3.53. The first-order chi connectivity index (χ1) is 3.72. The van der Waals surface area contributed by atoms with Crippen molar-refractivity contribution < 1.29 is 0 Å². The van der Waals surface area contributed by atoms with Gasteiger partial charge in [0.25, 0.3) is 0 Å². The van der Waals surface area contributed by atoms with Crippen LogP contribution in [0.4, 0.5) is 0 Å². The van der Waals surface area contributed by atoms with Crippen molar-refractivity contribution in [2.75, 3.05) is 7.05 Å². The summed E-state index contributed by atoms with van der Waals surface area (Å²) in [6.45, 7) is 6.40. The molecule has 0 saturated carbocycles. The van der Waals surface area contributed by atoms with Gasteiger partial charge in [-0.1, -0.05) is 12.5 Å². The zero-order valence-electron chi connectivity index (χ0n) is 6.21. The van der Waals surface area contributed by atoms with E-state index in [1.165, 1.54) is 11.3 Å². The third kappa shape index (κ3) is 2.01. The molecule has 1 N–H and O–H groups in total. The van der Waals surface area contributed by atoms with Gasteiger partial charge in [0.2, 0.25) is 0 Å². The van der Waals surface area contributed by atoms with Gasteiger partial charge in [0.1, 0.15) is 0 Å². The average molecular weight is 113 g/mol. The average Bonchev–Trinajstić information content (AvgIpc) is 1.84. The maximum Gasteiger partial charge on any atom is 0.00614 e. The van der Waals surface area contributed by atoms with E-state index in [1.807, 2.05) is 7.05 Å². The molecule has 0 bridgehead atoms. The minimum Gasteiger partial charge on any atom is -0.392 e. The summed E-state index contributed by atoms with van der Waals surface area (Å²) in [6, 6.07) is 0. The second-order valence-corrected chi connectivity index (χ2v) is 2.01. The molecule has 0 atom stereocenters. The van der Waals surface area contributed by atoms with Crippen LogP contribution in [0.5, 0.6) is 0 Å². The topological polar surface area (TPSA) is 12.0 Å². The van der Waals surface area contributed by atoms with Crippen LogP contribution in [-0.2, 0) is 0 Å². The molecule has 0 rings (SSSR count). The fourth-order valence-corrected chi connectivity index (χ4v) is 0.479. The largest absolute Gasteiger partial charge is 0.392 e. The van der Waals surface area contributed by atoms with Gasteiger partial charge in [-0.3, -0.25) is 0 Å². The molecule has 8 heavy (non-hydrogen) atoms. The molecule has 0 aromatic carbocycles. The van der Waals surface area contributed by atoms with E-state index in [-0.39, 0.29) is 0 Å². The van der Waals surface area contributed by atoms with Crippen LogP contribution in [0.3, 0.4) is 0 Å². The van der Waals surface area contributed by atoms with Crippen molar-refractivity contribution in [1.82, 2.24) is 5.32 Å². The number of hydrogen-bond donors (Lipinski definition) is 1. The maximum absolute atomic E-state index is 3.10. The van der Waals surface area contributed by atoms with E-state index in [2.05, 4.69) is 26.1 Å². The summed E-state index contributed by atoms with van der Waals surface area (Å²) in [4.78, 5) is 0. The van der Waals surface area contributed by atoms with E-state index >= 15 is 0 Å². The fourth-order valence-electron chi connectivity index (χ4n) is 0.479. The molecule has 48 valence electrons. The summed E-state index contributed by atoms with van der Waals surface area (Å²) in [7, 11) is 1.95. The Labute approximate surface area is 51.8 Å². The van der Waals surface area contributed by atoms with Crippen LogP contribution in [0.25, 0.3) is 0 Å². The van der Waals surface area contributed by atoms with Crippen molar-refractivity contribution in [1.29, 1.82) is 0 Å². The van der Waals surface area contributed by atoms with Gasteiger partial charge in [0.05, 0.1) is 0 Å². The van der Waals surface area contributed by atoms with E-state index in [1.54, 1.807) is 0 Å². The van der Waals surface area contributed by atoms with E-state index in [0.29, 0.717) is 0 Å². The molecule has 1 heteroatoms. The first-order valence-corrected chi connectivity index (χ1v) is 3.06. The molecule has 0 radical (unpaired) electrons. The van der Waals surface area contributed by atoms with E-state index in [4.69, 9.17) is 0 Å². The number of allylic oxidation sites excluding steroid dienone is 2. The van der Waals surface area contributed by atoms with Crippen LogP contribution in [0, 0.1) is 0 Å². The molecule has 0 aromatic heterocycles. The summed E-state index contributed by atoms with van der Waals surface area (Å²) in [5, 5.41) is 3.10. The molecule has 0 fully saturated rings. The van der Waals surface area contributed by atoms with Gasteiger partial charge in [-0.15, -0.1) is 0 Å². The van der Waals surface area contributed by atoms with Gasteiger partial charge in [0.15, 0.2) is 0 Å². The zero-order valence-corrected chi connectivity index (χ0v) is 6.21. The quantitative estimate of drug-likeness (QED) is 0.576. The Hall–Kier alpha value is -0.460. The van der Waals surface area contributed by atoms with Crippen molar-refractivity contribution in [2.24, 2.45) is 0 Å². The lowest BCUT2D eigenvalue weighted by molar-refractivity contribution is 0.921. The summed E-state index contributed by atoms with van der Waals surface area (Å²) < 4.78 is 0. The summed E-state index contributed by atoms with van der Waals surface area (Å²) >= 11 is 0. The third-order valence-electron chi connectivity index (χ3n) is 1.55. The first-order valence-electron chi connectivity index (χ1n) is 3.06. The standard InChI is InChI=1S/C7H15N/c1-5-6(2)7(3)8-4/h8H,5H2,1-4H3/b7-6+. The van der Waals surface area contributed by atoms with Crippen molar-refractivity contribution in [3.05, 3.63) is 11.3 Å². The maximum atomic E-state index is 3.10. The van der Waals surface area contributed by atoms with Crippen molar-refractivity contribution in [3.8, 4) is 0 Å². The van der Waals surface area contributed by atoms with E-state index in [0.717, 1.165) is 6.42 Å². The van der Waals surface area contributed by atoms with Crippen LogP contribution in [0.1, 0.15) is 27.2 Å². The Balaban J connectivity index is 3.83. The van der Waals surface area contributed by atoms with Crippen molar-refractivity contribution in [3.63, 3.8) is 0 Å².